The molecule has 0 saturated carbocycles. The van der Waals surface area contributed by atoms with E-state index >= 15 is 0 Å². The molecule has 4 nitrogen and oxygen atoms in total. The van der Waals surface area contributed by atoms with Gasteiger partial charge in [0.2, 0.25) is 5.91 Å². The van der Waals surface area contributed by atoms with Gasteiger partial charge in [-0.2, -0.15) is 0 Å². The number of nitrogens with zero attached hydrogens (tertiary/aromatic N) is 1. The summed E-state index contributed by atoms with van der Waals surface area (Å²) >= 11 is 0. The zero-order chi connectivity index (χ0) is 10.0. The fourth-order valence-electron chi connectivity index (χ4n) is 1.75. The first-order valence-corrected chi connectivity index (χ1v) is 4.52. The molecule has 2 atom stereocenters. The Morgan fingerprint density at radius 3 is 2.54 bits per heavy atom. The van der Waals surface area contributed by atoms with Crippen LogP contribution in [0.4, 0.5) is 0 Å². The molecule has 0 aromatic carbocycles. The van der Waals surface area contributed by atoms with E-state index in [0.29, 0.717) is 18.9 Å². The van der Waals surface area contributed by atoms with Crippen LogP contribution in [-0.2, 0) is 9.59 Å². The van der Waals surface area contributed by atoms with Crippen molar-refractivity contribution in [3.63, 3.8) is 0 Å². The second-order valence-electron chi connectivity index (χ2n) is 3.70. The molecule has 1 saturated heterocycles. The highest BCUT2D eigenvalue weighted by molar-refractivity contribution is 5.82. The quantitative estimate of drug-likeness (QED) is 0.654. The van der Waals surface area contributed by atoms with E-state index in [1.165, 1.54) is 11.8 Å². The van der Waals surface area contributed by atoms with Crippen LogP contribution < -0.4 is 0 Å². The minimum absolute atomic E-state index is 0.140. The number of rotatable bonds is 1. The Bertz CT molecular complexity index is 227. The molecule has 0 radical (unpaired) electrons. The van der Waals surface area contributed by atoms with Crippen LogP contribution in [0.15, 0.2) is 0 Å². The average Bonchev–Trinajstić information content (AvgIpc) is 2.03. The highest BCUT2D eigenvalue weighted by Crippen LogP contribution is 2.22. The van der Waals surface area contributed by atoms with Gasteiger partial charge in [0.15, 0.2) is 0 Å². The zero-order valence-electron chi connectivity index (χ0n) is 7.99. The molecule has 13 heavy (non-hydrogen) atoms. The third-order valence-electron chi connectivity index (χ3n) is 2.55. The number of carboxylic acids is 1. The van der Waals surface area contributed by atoms with Crippen LogP contribution in [0, 0.1) is 5.92 Å². The van der Waals surface area contributed by atoms with E-state index in [2.05, 4.69) is 0 Å². The molecule has 0 aliphatic carbocycles. The van der Waals surface area contributed by atoms with Crippen molar-refractivity contribution in [1.29, 1.82) is 0 Å². The Morgan fingerprint density at radius 1 is 1.46 bits per heavy atom. The van der Waals surface area contributed by atoms with Crippen LogP contribution in [0.2, 0.25) is 0 Å². The van der Waals surface area contributed by atoms with E-state index in [4.69, 9.17) is 5.11 Å². The molecule has 0 aromatic heterocycles. The lowest BCUT2D eigenvalue weighted by atomic mass is 9.92. The number of amides is 1. The average molecular weight is 185 g/mol. The third kappa shape index (κ3) is 2.20. The molecule has 0 aromatic rings. The number of piperidine rings is 1. The van der Waals surface area contributed by atoms with Gasteiger partial charge in [0.1, 0.15) is 6.04 Å². The van der Waals surface area contributed by atoms with Crippen LogP contribution in [0.3, 0.4) is 0 Å². The molecule has 1 fully saturated rings. The smallest absolute Gasteiger partial charge is 0.326 e. The number of hydrogen-bond donors (Lipinski definition) is 1. The van der Waals surface area contributed by atoms with Crippen LogP contribution >= 0.6 is 0 Å². The summed E-state index contributed by atoms with van der Waals surface area (Å²) in [5.41, 5.74) is 0. The van der Waals surface area contributed by atoms with Crippen molar-refractivity contribution in [2.45, 2.75) is 32.7 Å². The number of likely N-dealkylation sites (tertiary alicyclic amines) is 1. The van der Waals surface area contributed by atoms with Crippen molar-refractivity contribution in [1.82, 2.24) is 4.90 Å². The summed E-state index contributed by atoms with van der Waals surface area (Å²) in [7, 11) is 0. The van der Waals surface area contributed by atoms with E-state index in [-0.39, 0.29) is 5.91 Å². The molecule has 1 amide bonds. The maximum Gasteiger partial charge on any atom is 0.326 e. The van der Waals surface area contributed by atoms with Crippen molar-refractivity contribution in [2.24, 2.45) is 5.92 Å². The molecule has 4 heteroatoms. The molecular weight excluding hydrogens is 170 g/mol. The third-order valence-corrected chi connectivity index (χ3v) is 2.55. The highest BCUT2D eigenvalue weighted by Gasteiger charge is 2.32. The second kappa shape index (κ2) is 3.77. The van der Waals surface area contributed by atoms with Gasteiger partial charge in [-0.1, -0.05) is 6.92 Å². The van der Waals surface area contributed by atoms with Gasteiger partial charge in [0.25, 0.3) is 0 Å². The minimum Gasteiger partial charge on any atom is -0.480 e. The SMILES string of the molecule is CC(=O)N1CC[C@@H](C)C[C@H]1C(=O)O. The maximum absolute atomic E-state index is 11.1. The number of carbonyl (C=O) groups is 2. The van der Waals surface area contributed by atoms with Gasteiger partial charge in [0.05, 0.1) is 0 Å². The van der Waals surface area contributed by atoms with Crippen molar-refractivity contribution in [2.75, 3.05) is 6.54 Å². The Kier molecular flexibility index (Phi) is 2.90. The second-order valence-corrected chi connectivity index (χ2v) is 3.70. The van der Waals surface area contributed by atoms with E-state index < -0.39 is 12.0 Å². The number of hydrogen-bond acceptors (Lipinski definition) is 2. The van der Waals surface area contributed by atoms with Gasteiger partial charge in [-0.25, -0.2) is 4.79 Å². The van der Waals surface area contributed by atoms with Crippen LogP contribution in [0.25, 0.3) is 0 Å². The van der Waals surface area contributed by atoms with E-state index in [9.17, 15) is 9.59 Å². The van der Waals surface area contributed by atoms with Crippen molar-refractivity contribution in [3.8, 4) is 0 Å². The van der Waals surface area contributed by atoms with Crippen LogP contribution in [0.5, 0.6) is 0 Å². The fourth-order valence-corrected chi connectivity index (χ4v) is 1.75. The lowest BCUT2D eigenvalue weighted by molar-refractivity contribution is -0.152. The Balaban J connectivity index is 2.72. The fraction of sp³-hybridized carbons (Fsp3) is 0.778. The van der Waals surface area contributed by atoms with E-state index in [1.807, 2.05) is 6.92 Å². The van der Waals surface area contributed by atoms with Gasteiger partial charge in [0, 0.05) is 13.5 Å². The topological polar surface area (TPSA) is 57.6 Å². The van der Waals surface area contributed by atoms with Crippen molar-refractivity contribution in [3.05, 3.63) is 0 Å². The monoisotopic (exact) mass is 185 g/mol. The van der Waals surface area contributed by atoms with Gasteiger partial charge < -0.3 is 10.0 Å². The summed E-state index contributed by atoms with van der Waals surface area (Å²) in [6.07, 6.45) is 1.48. The first-order chi connectivity index (χ1) is 6.02. The van der Waals surface area contributed by atoms with Crippen LogP contribution in [0.1, 0.15) is 26.7 Å². The molecule has 1 aliphatic heterocycles. The van der Waals surface area contributed by atoms with Crippen molar-refractivity contribution >= 4 is 11.9 Å². The lowest BCUT2D eigenvalue weighted by Gasteiger charge is -2.35. The molecular formula is C9H15NO3. The normalized spacial score (nSPS) is 28.6. The Labute approximate surface area is 77.5 Å². The molecule has 1 rings (SSSR count). The largest absolute Gasteiger partial charge is 0.480 e. The van der Waals surface area contributed by atoms with Gasteiger partial charge in [-0.15, -0.1) is 0 Å². The highest BCUT2D eigenvalue weighted by atomic mass is 16.4. The summed E-state index contributed by atoms with van der Waals surface area (Å²) in [6, 6.07) is -0.610. The standard InChI is InChI=1S/C9H15NO3/c1-6-3-4-10(7(2)11)8(5-6)9(12)13/h6,8H,3-5H2,1-2H3,(H,12,13)/t6-,8+/m1/s1. The first kappa shape index (κ1) is 10.0. The summed E-state index contributed by atoms with van der Waals surface area (Å²) in [6.45, 7) is 4.02. The van der Waals surface area contributed by atoms with Crippen LogP contribution in [-0.4, -0.2) is 34.5 Å². The molecule has 0 unspecified atom stereocenters. The molecule has 74 valence electrons. The zero-order valence-corrected chi connectivity index (χ0v) is 7.99. The summed E-state index contributed by atoms with van der Waals surface area (Å²) in [5.74, 6) is -0.627. The van der Waals surface area contributed by atoms with E-state index in [0.717, 1.165) is 6.42 Å². The molecule has 1 aliphatic rings. The summed E-state index contributed by atoms with van der Waals surface area (Å²) < 4.78 is 0. The lowest BCUT2D eigenvalue weighted by Crippen LogP contribution is -2.48. The van der Waals surface area contributed by atoms with Gasteiger partial charge >= 0.3 is 5.97 Å². The number of carboxylic acid groups (broad SMARTS) is 1. The molecule has 0 bridgehead atoms. The summed E-state index contributed by atoms with van der Waals surface area (Å²) in [5, 5.41) is 8.88. The molecule has 1 N–H and O–H groups in total. The first-order valence-electron chi connectivity index (χ1n) is 4.52. The Morgan fingerprint density at radius 2 is 2.08 bits per heavy atom. The number of carbonyl (C=O) groups excluding carboxylic acids is 1. The predicted octanol–water partition coefficient (Wildman–Crippen LogP) is 0.718. The molecule has 1 heterocycles. The van der Waals surface area contributed by atoms with E-state index in [1.54, 1.807) is 0 Å². The summed E-state index contributed by atoms with van der Waals surface area (Å²) in [4.78, 5) is 23.4. The van der Waals surface area contributed by atoms with Gasteiger partial charge in [-0.3, -0.25) is 4.79 Å². The van der Waals surface area contributed by atoms with Crippen molar-refractivity contribution < 1.29 is 14.7 Å². The predicted molar refractivity (Wildman–Crippen MR) is 47.2 cm³/mol. The van der Waals surface area contributed by atoms with Gasteiger partial charge in [-0.05, 0) is 18.8 Å². The minimum atomic E-state index is -0.887. The number of aliphatic carboxylic acids is 1. The maximum atomic E-state index is 11.1. The Hall–Kier alpha value is -1.06. The molecule has 0 spiro atoms.